The fourth-order valence-corrected chi connectivity index (χ4v) is 4.79. The predicted octanol–water partition coefficient (Wildman–Crippen LogP) is 6.05. The third-order valence-corrected chi connectivity index (χ3v) is 6.98. The van der Waals surface area contributed by atoms with Crippen LogP contribution in [0.2, 0.25) is 5.02 Å². The second-order valence-electron chi connectivity index (χ2n) is 8.17. The van der Waals surface area contributed by atoms with Crippen LogP contribution in [0.1, 0.15) is 22.7 Å². The van der Waals surface area contributed by atoms with Crippen molar-refractivity contribution in [2.24, 2.45) is 0 Å². The average Bonchev–Trinajstić information content (AvgIpc) is 2.88. The van der Waals surface area contributed by atoms with E-state index in [1.165, 1.54) is 5.56 Å². The number of nitrogens with zero attached hydrogens (tertiary/aromatic N) is 1. The number of para-hydroxylation sites is 2. The highest BCUT2D eigenvalue weighted by Crippen LogP contribution is 2.39. The first-order chi connectivity index (χ1) is 17.0. The fourth-order valence-electron chi connectivity index (χ4n) is 4.29. The standard InChI is InChI=1S/C27H29ClN2O4S/c1-17-20(28)8-7-9-21(17)29-27(35)30-13-12-18-14-25(32-3)26(33-4)15-19(18)22(30)16-34-24-11-6-5-10-23(24)31-2/h5-11,14-15,22H,12-13,16H2,1-4H3,(H,29,35). The molecule has 0 saturated heterocycles. The number of hydrogen-bond donors (Lipinski definition) is 1. The van der Waals surface area contributed by atoms with Gasteiger partial charge in [-0.25, -0.2) is 0 Å². The number of methoxy groups -OCH3 is 3. The molecular formula is C27H29ClN2O4S. The van der Waals surface area contributed by atoms with Crippen LogP contribution in [0, 0.1) is 6.92 Å². The molecule has 0 amide bonds. The second kappa shape index (κ2) is 11.1. The molecule has 3 aromatic rings. The zero-order valence-corrected chi connectivity index (χ0v) is 21.8. The van der Waals surface area contributed by atoms with Crippen molar-refractivity contribution >= 4 is 34.6 Å². The Morgan fingerprint density at radius 2 is 1.66 bits per heavy atom. The van der Waals surface area contributed by atoms with Crippen molar-refractivity contribution in [1.82, 2.24) is 4.90 Å². The molecule has 1 N–H and O–H groups in total. The highest BCUT2D eigenvalue weighted by atomic mass is 35.5. The predicted molar refractivity (Wildman–Crippen MR) is 144 cm³/mol. The lowest BCUT2D eigenvalue weighted by Gasteiger charge is -2.39. The second-order valence-corrected chi connectivity index (χ2v) is 8.96. The van der Waals surface area contributed by atoms with E-state index in [0.29, 0.717) is 46.3 Å². The smallest absolute Gasteiger partial charge is 0.174 e. The molecule has 6 nitrogen and oxygen atoms in total. The molecule has 0 saturated carbocycles. The van der Waals surface area contributed by atoms with Crippen molar-refractivity contribution in [3.8, 4) is 23.0 Å². The van der Waals surface area contributed by atoms with Gasteiger partial charge in [0.15, 0.2) is 28.1 Å². The third-order valence-electron chi connectivity index (χ3n) is 6.24. The van der Waals surface area contributed by atoms with Gasteiger partial charge in [-0.3, -0.25) is 0 Å². The first-order valence-electron chi connectivity index (χ1n) is 11.3. The molecule has 0 bridgehead atoms. The van der Waals surface area contributed by atoms with E-state index in [1.54, 1.807) is 21.3 Å². The minimum Gasteiger partial charge on any atom is -0.493 e. The largest absolute Gasteiger partial charge is 0.493 e. The van der Waals surface area contributed by atoms with Crippen molar-refractivity contribution in [2.45, 2.75) is 19.4 Å². The van der Waals surface area contributed by atoms with Gasteiger partial charge in [-0.05, 0) is 78.7 Å². The summed E-state index contributed by atoms with van der Waals surface area (Å²) in [4.78, 5) is 2.15. The molecule has 3 aromatic carbocycles. The molecule has 0 aromatic heterocycles. The number of nitrogens with one attached hydrogen (secondary N) is 1. The van der Waals surface area contributed by atoms with Gasteiger partial charge in [0.05, 0.1) is 27.4 Å². The maximum absolute atomic E-state index is 6.33. The van der Waals surface area contributed by atoms with Gasteiger partial charge in [-0.15, -0.1) is 0 Å². The van der Waals surface area contributed by atoms with E-state index in [1.807, 2.05) is 61.5 Å². The molecular weight excluding hydrogens is 484 g/mol. The van der Waals surface area contributed by atoms with E-state index in [4.69, 9.17) is 42.8 Å². The Kier molecular flexibility index (Phi) is 7.88. The molecule has 4 rings (SSSR count). The van der Waals surface area contributed by atoms with Gasteiger partial charge in [0.1, 0.15) is 6.61 Å². The van der Waals surface area contributed by atoms with Gasteiger partial charge in [0.25, 0.3) is 0 Å². The Balaban J connectivity index is 1.68. The van der Waals surface area contributed by atoms with E-state index >= 15 is 0 Å². The summed E-state index contributed by atoms with van der Waals surface area (Å²) in [5.74, 6) is 2.73. The monoisotopic (exact) mass is 512 g/mol. The number of halogens is 1. The maximum atomic E-state index is 6.33. The highest BCUT2D eigenvalue weighted by Gasteiger charge is 2.32. The summed E-state index contributed by atoms with van der Waals surface area (Å²) < 4.78 is 22.9. The topological polar surface area (TPSA) is 52.2 Å². The molecule has 35 heavy (non-hydrogen) atoms. The van der Waals surface area contributed by atoms with E-state index < -0.39 is 0 Å². The van der Waals surface area contributed by atoms with Crippen molar-refractivity contribution in [3.05, 3.63) is 76.3 Å². The van der Waals surface area contributed by atoms with Crippen LogP contribution in [-0.4, -0.2) is 44.5 Å². The van der Waals surface area contributed by atoms with Crippen LogP contribution in [0.25, 0.3) is 0 Å². The van der Waals surface area contributed by atoms with E-state index in [0.717, 1.165) is 23.2 Å². The lowest BCUT2D eigenvalue weighted by atomic mass is 9.92. The molecule has 0 spiro atoms. The molecule has 1 unspecified atom stereocenters. The molecule has 1 heterocycles. The van der Waals surface area contributed by atoms with Gasteiger partial charge >= 0.3 is 0 Å². The van der Waals surface area contributed by atoms with Crippen LogP contribution >= 0.6 is 23.8 Å². The highest BCUT2D eigenvalue weighted by molar-refractivity contribution is 7.80. The molecule has 1 atom stereocenters. The van der Waals surface area contributed by atoms with Crippen LogP contribution in [0.4, 0.5) is 5.69 Å². The fraction of sp³-hybridized carbons (Fsp3) is 0.296. The summed E-state index contributed by atoms with van der Waals surface area (Å²) in [5, 5.41) is 4.68. The quantitative estimate of drug-likeness (QED) is 0.387. The van der Waals surface area contributed by atoms with Gasteiger partial charge in [-0.1, -0.05) is 29.8 Å². The zero-order valence-electron chi connectivity index (χ0n) is 20.3. The van der Waals surface area contributed by atoms with Gasteiger partial charge in [0.2, 0.25) is 0 Å². The van der Waals surface area contributed by atoms with Crippen LogP contribution in [0.5, 0.6) is 23.0 Å². The van der Waals surface area contributed by atoms with Crippen LogP contribution < -0.4 is 24.3 Å². The number of benzene rings is 3. The number of ether oxygens (including phenoxy) is 4. The van der Waals surface area contributed by atoms with Crippen LogP contribution in [0.15, 0.2) is 54.6 Å². The number of thiocarbonyl (C=S) groups is 1. The molecule has 1 aliphatic heterocycles. The Bertz CT molecular complexity index is 1220. The Morgan fingerprint density at radius 3 is 2.37 bits per heavy atom. The number of hydrogen-bond acceptors (Lipinski definition) is 5. The first kappa shape index (κ1) is 24.9. The third kappa shape index (κ3) is 5.26. The zero-order chi connectivity index (χ0) is 24.9. The minimum absolute atomic E-state index is 0.164. The summed E-state index contributed by atoms with van der Waals surface area (Å²) in [6.45, 7) is 3.05. The summed E-state index contributed by atoms with van der Waals surface area (Å²) >= 11 is 12.2. The Hall–Kier alpha value is -3.16. The van der Waals surface area contributed by atoms with E-state index in [2.05, 4.69) is 10.2 Å². The summed E-state index contributed by atoms with van der Waals surface area (Å²) in [6.07, 6.45) is 0.803. The van der Waals surface area contributed by atoms with Crippen molar-refractivity contribution in [3.63, 3.8) is 0 Å². The number of fused-ring (bicyclic) bond motifs is 1. The maximum Gasteiger partial charge on any atom is 0.174 e. The van der Waals surface area contributed by atoms with Gasteiger partial charge in [-0.2, -0.15) is 0 Å². The normalized spacial score (nSPS) is 14.7. The Labute approximate surface area is 216 Å². The van der Waals surface area contributed by atoms with Gasteiger partial charge < -0.3 is 29.2 Å². The number of anilines is 1. The first-order valence-corrected chi connectivity index (χ1v) is 12.1. The molecule has 8 heteroatoms. The van der Waals surface area contributed by atoms with Crippen LogP contribution in [-0.2, 0) is 6.42 Å². The van der Waals surface area contributed by atoms with Crippen molar-refractivity contribution in [1.29, 1.82) is 0 Å². The van der Waals surface area contributed by atoms with E-state index in [9.17, 15) is 0 Å². The van der Waals surface area contributed by atoms with Gasteiger partial charge in [0, 0.05) is 17.3 Å². The molecule has 1 aliphatic rings. The average molecular weight is 513 g/mol. The SMILES string of the molecule is COc1cc2c(cc1OC)C(COc1ccccc1OC)N(C(=S)Nc1cccc(Cl)c1C)CC2. The minimum atomic E-state index is -0.164. The lowest BCUT2D eigenvalue weighted by molar-refractivity contribution is 0.185. The van der Waals surface area contributed by atoms with E-state index in [-0.39, 0.29) is 6.04 Å². The van der Waals surface area contributed by atoms with Crippen LogP contribution in [0.3, 0.4) is 0 Å². The molecule has 0 radical (unpaired) electrons. The molecule has 0 aliphatic carbocycles. The summed E-state index contributed by atoms with van der Waals surface area (Å²) in [5.41, 5.74) is 4.08. The summed E-state index contributed by atoms with van der Waals surface area (Å²) in [6, 6.07) is 17.3. The summed E-state index contributed by atoms with van der Waals surface area (Å²) in [7, 11) is 4.92. The van der Waals surface area contributed by atoms with Crippen molar-refractivity contribution < 1.29 is 18.9 Å². The molecule has 0 fully saturated rings. The van der Waals surface area contributed by atoms with Crippen molar-refractivity contribution in [2.75, 3.05) is 39.8 Å². The number of rotatable bonds is 7. The lowest BCUT2D eigenvalue weighted by Crippen LogP contribution is -2.44. The molecule has 184 valence electrons. The Morgan fingerprint density at radius 1 is 0.971 bits per heavy atom.